The van der Waals surface area contributed by atoms with E-state index in [1.807, 2.05) is 42.5 Å². The molecule has 2 aromatic rings. The first-order valence-electron chi connectivity index (χ1n) is 4.97. The van der Waals surface area contributed by atoms with Gasteiger partial charge in [-0.3, -0.25) is 0 Å². The molecule has 0 radical (unpaired) electrons. The summed E-state index contributed by atoms with van der Waals surface area (Å²) in [5.74, 6) is 0.923. The van der Waals surface area contributed by atoms with Crippen molar-refractivity contribution in [1.82, 2.24) is 0 Å². The normalized spacial score (nSPS) is 10.3. The van der Waals surface area contributed by atoms with E-state index in [2.05, 4.69) is 6.07 Å². The highest BCUT2D eigenvalue weighted by molar-refractivity contribution is 7.98. The van der Waals surface area contributed by atoms with Crippen molar-refractivity contribution in [3.8, 4) is 0 Å². The van der Waals surface area contributed by atoms with E-state index in [-0.39, 0.29) is 0 Å². The molecule has 0 saturated carbocycles. The van der Waals surface area contributed by atoms with Gasteiger partial charge in [0.2, 0.25) is 0 Å². The Labute approximate surface area is 105 Å². The van der Waals surface area contributed by atoms with Crippen molar-refractivity contribution in [2.24, 2.45) is 0 Å². The molecule has 82 valence electrons. The maximum atomic E-state index is 5.82. The molecule has 0 aliphatic rings. The summed E-state index contributed by atoms with van der Waals surface area (Å²) in [6, 6.07) is 15.8. The zero-order valence-corrected chi connectivity index (χ0v) is 10.3. The molecule has 0 aromatic heterocycles. The maximum Gasteiger partial charge on any atom is 0.0406 e. The van der Waals surface area contributed by atoms with Crippen LogP contribution in [0.4, 0.5) is 5.69 Å². The topological polar surface area (TPSA) is 26.0 Å². The molecule has 0 heterocycles. The second kappa shape index (κ2) is 5.28. The van der Waals surface area contributed by atoms with E-state index in [9.17, 15) is 0 Å². The van der Waals surface area contributed by atoms with Crippen LogP contribution >= 0.6 is 23.4 Å². The summed E-state index contributed by atoms with van der Waals surface area (Å²) >= 11 is 7.60. The van der Waals surface area contributed by atoms with Crippen molar-refractivity contribution in [3.63, 3.8) is 0 Å². The average molecular weight is 250 g/mol. The second-order valence-electron chi connectivity index (χ2n) is 3.49. The van der Waals surface area contributed by atoms with Gasteiger partial charge in [0.05, 0.1) is 0 Å². The van der Waals surface area contributed by atoms with Crippen LogP contribution in [0.15, 0.2) is 53.4 Å². The van der Waals surface area contributed by atoms with Crippen LogP contribution < -0.4 is 5.73 Å². The van der Waals surface area contributed by atoms with E-state index in [1.54, 1.807) is 11.8 Å². The molecular formula is C13H12ClNS. The average Bonchev–Trinajstić information content (AvgIpc) is 2.28. The van der Waals surface area contributed by atoms with Gasteiger partial charge < -0.3 is 5.73 Å². The van der Waals surface area contributed by atoms with Crippen molar-refractivity contribution in [2.75, 3.05) is 5.73 Å². The van der Waals surface area contributed by atoms with Gasteiger partial charge in [0.15, 0.2) is 0 Å². The van der Waals surface area contributed by atoms with Crippen LogP contribution in [0.1, 0.15) is 5.56 Å². The van der Waals surface area contributed by atoms with E-state index in [4.69, 9.17) is 17.3 Å². The standard InChI is InChI=1S/C13H12ClNS/c14-11-4-6-13(7-5-11)16-9-10-2-1-3-12(15)8-10/h1-8H,9,15H2. The minimum absolute atomic E-state index is 0.772. The number of rotatable bonds is 3. The molecule has 0 bridgehead atoms. The lowest BCUT2D eigenvalue weighted by Gasteiger charge is -2.03. The van der Waals surface area contributed by atoms with E-state index < -0.39 is 0 Å². The predicted molar refractivity (Wildman–Crippen MR) is 71.9 cm³/mol. The van der Waals surface area contributed by atoms with Crippen LogP contribution in [0.5, 0.6) is 0 Å². The Morgan fingerprint density at radius 3 is 2.50 bits per heavy atom. The third-order valence-electron chi connectivity index (χ3n) is 2.17. The highest BCUT2D eigenvalue weighted by Crippen LogP contribution is 2.24. The molecule has 0 atom stereocenters. The van der Waals surface area contributed by atoms with Crippen LogP contribution in [-0.2, 0) is 5.75 Å². The molecule has 0 amide bonds. The summed E-state index contributed by atoms with van der Waals surface area (Å²) in [6.07, 6.45) is 0. The van der Waals surface area contributed by atoms with E-state index in [0.29, 0.717) is 0 Å². The number of halogens is 1. The Bertz CT molecular complexity index is 468. The van der Waals surface area contributed by atoms with Crippen molar-refractivity contribution >= 4 is 29.1 Å². The third-order valence-corrected chi connectivity index (χ3v) is 3.51. The lowest BCUT2D eigenvalue weighted by molar-refractivity contribution is 1.38. The van der Waals surface area contributed by atoms with Gasteiger partial charge in [-0.2, -0.15) is 0 Å². The highest BCUT2D eigenvalue weighted by Gasteiger charge is 1.97. The van der Waals surface area contributed by atoms with Crippen LogP contribution in [0.25, 0.3) is 0 Å². The van der Waals surface area contributed by atoms with E-state index >= 15 is 0 Å². The summed E-state index contributed by atoms with van der Waals surface area (Å²) in [5, 5.41) is 0.772. The number of benzene rings is 2. The van der Waals surface area contributed by atoms with Crippen molar-refractivity contribution in [1.29, 1.82) is 0 Å². The summed E-state index contributed by atoms with van der Waals surface area (Å²) < 4.78 is 0. The minimum Gasteiger partial charge on any atom is -0.399 e. The predicted octanol–water partition coefficient (Wildman–Crippen LogP) is 4.21. The molecule has 3 heteroatoms. The fourth-order valence-corrected chi connectivity index (χ4v) is 2.35. The second-order valence-corrected chi connectivity index (χ2v) is 4.97. The largest absolute Gasteiger partial charge is 0.399 e. The molecule has 2 N–H and O–H groups in total. The summed E-state index contributed by atoms with van der Waals surface area (Å²) in [5.41, 5.74) is 7.77. The SMILES string of the molecule is Nc1cccc(CSc2ccc(Cl)cc2)c1. The zero-order chi connectivity index (χ0) is 11.4. The van der Waals surface area contributed by atoms with Gasteiger partial charge in [-0.1, -0.05) is 23.7 Å². The van der Waals surface area contributed by atoms with Gasteiger partial charge in [-0.15, -0.1) is 11.8 Å². The first-order valence-corrected chi connectivity index (χ1v) is 6.33. The van der Waals surface area contributed by atoms with E-state index in [0.717, 1.165) is 16.5 Å². The van der Waals surface area contributed by atoms with Crippen LogP contribution in [0.3, 0.4) is 0 Å². The molecule has 0 saturated heterocycles. The molecule has 0 aliphatic heterocycles. The summed E-state index contributed by atoms with van der Waals surface area (Å²) in [6.45, 7) is 0. The number of nitrogen functional groups attached to an aromatic ring is 1. The van der Waals surface area contributed by atoms with Crippen molar-refractivity contribution < 1.29 is 0 Å². The lowest BCUT2D eigenvalue weighted by Crippen LogP contribution is -1.86. The fourth-order valence-electron chi connectivity index (χ4n) is 1.38. The molecular weight excluding hydrogens is 238 g/mol. The van der Waals surface area contributed by atoms with Crippen LogP contribution in [0, 0.1) is 0 Å². The van der Waals surface area contributed by atoms with E-state index in [1.165, 1.54) is 10.5 Å². The molecule has 0 aliphatic carbocycles. The number of anilines is 1. The number of hydrogen-bond donors (Lipinski definition) is 1. The molecule has 0 fully saturated rings. The van der Waals surface area contributed by atoms with Gasteiger partial charge in [0, 0.05) is 21.4 Å². The first-order chi connectivity index (χ1) is 7.74. The van der Waals surface area contributed by atoms with Crippen LogP contribution in [0.2, 0.25) is 5.02 Å². The Morgan fingerprint density at radius 2 is 1.81 bits per heavy atom. The smallest absolute Gasteiger partial charge is 0.0406 e. The molecule has 2 aromatic carbocycles. The van der Waals surface area contributed by atoms with Crippen LogP contribution in [-0.4, -0.2) is 0 Å². The lowest BCUT2D eigenvalue weighted by atomic mass is 10.2. The van der Waals surface area contributed by atoms with Gasteiger partial charge in [0.25, 0.3) is 0 Å². The molecule has 2 rings (SSSR count). The molecule has 0 spiro atoms. The maximum absolute atomic E-state index is 5.82. The monoisotopic (exact) mass is 249 g/mol. The molecule has 16 heavy (non-hydrogen) atoms. The van der Waals surface area contributed by atoms with Gasteiger partial charge in [0.1, 0.15) is 0 Å². The third kappa shape index (κ3) is 3.19. The highest BCUT2D eigenvalue weighted by atomic mass is 35.5. The fraction of sp³-hybridized carbons (Fsp3) is 0.0769. The Kier molecular flexibility index (Phi) is 3.75. The Hall–Kier alpha value is -1.12. The Balaban J connectivity index is 1.99. The van der Waals surface area contributed by atoms with Gasteiger partial charge in [-0.05, 0) is 42.0 Å². The summed E-state index contributed by atoms with van der Waals surface area (Å²) in [7, 11) is 0. The Morgan fingerprint density at radius 1 is 1.06 bits per heavy atom. The molecule has 0 unspecified atom stereocenters. The van der Waals surface area contributed by atoms with Gasteiger partial charge in [-0.25, -0.2) is 0 Å². The number of thioether (sulfide) groups is 1. The summed E-state index contributed by atoms with van der Waals surface area (Å²) in [4.78, 5) is 1.21. The minimum atomic E-state index is 0.772. The zero-order valence-electron chi connectivity index (χ0n) is 8.69. The molecule has 1 nitrogen and oxygen atoms in total. The quantitative estimate of drug-likeness (QED) is 0.651. The van der Waals surface area contributed by atoms with Gasteiger partial charge >= 0.3 is 0 Å². The van der Waals surface area contributed by atoms with Crippen molar-refractivity contribution in [2.45, 2.75) is 10.6 Å². The number of nitrogens with two attached hydrogens (primary N) is 1. The first kappa shape index (κ1) is 11.4. The number of hydrogen-bond acceptors (Lipinski definition) is 2. The van der Waals surface area contributed by atoms with Crippen molar-refractivity contribution in [3.05, 3.63) is 59.1 Å².